The summed E-state index contributed by atoms with van der Waals surface area (Å²) in [5, 5.41) is 15.8. The van der Waals surface area contributed by atoms with E-state index < -0.39 is 5.91 Å². The van der Waals surface area contributed by atoms with Crippen LogP contribution in [0.4, 0.5) is 5.69 Å². The highest BCUT2D eigenvalue weighted by Gasteiger charge is 2.10. The first-order chi connectivity index (χ1) is 9.10. The molecule has 0 fully saturated rings. The number of anilines is 1. The number of halogens is 2. The van der Waals surface area contributed by atoms with Gasteiger partial charge in [0.05, 0.1) is 14.3 Å². The number of carbonyl (C=O) groups is 1. The van der Waals surface area contributed by atoms with E-state index in [0.29, 0.717) is 17.3 Å². The van der Waals surface area contributed by atoms with Crippen LogP contribution in [0.15, 0.2) is 23.3 Å². The molecule has 1 aromatic rings. The maximum absolute atomic E-state index is 11.6. The van der Waals surface area contributed by atoms with Crippen molar-refractivity contribution in [2.45, 2.75) is 13.3 Å². The summed E-state index contributed by atoms with van der Waals surface area (Å²) in [4.78, 5) is 11.6. The fourth-order valence-electron chi connectivity index (χ4n) is 1.16. The average molecular weight is 391 g/mol. The summed E-state index contributed by atoms with van der Waals surface area (Å²) in [6, 6.07) is 7.02. The van der Waals surface area contributed by atoms with E-state index in [1.807, 2.05) is 6.92 Å². The third kappa shape index (κ3) is 4.69. The Morgan fingerprint density at radius 3 is 2.95 bits per heavy atom. The Hall–Kier alpha value is -1.33. The van der Waals surface area contributed by atoms with Crippen molar-refractivity contribution in [3.63, 3.8) is 0 Å². The maximum atomic E-state index is 11.6. The van der Waals surface area contributed by atoms with Crippen LogP contribution in [0, 0.1) is 14.9 Å². The molecule has 0 heterocycles. The number of nitrogens with one attached hydrogen (secondary N) is 2. The SMILES string of the molecule is CCCNC(=O)/C(C#N)=N/Nc1cccc(Cl)c1I. The number of rotatable bonds is 5. The van der Waals surface area contributed by atoms with E-state index in [2.05, 4.69) is 38.4 Å². The zero-order valence-electron chi connectivity index (χ0n) is 10.2. The van der Waals surface area contributed by atoms with Crippen molar-refractivity contribution in [3.8, 4) is 6.07 Å². The Bertz CT molecular complexity index is 539. The molecule has 0 unspecified atom stereocenters. The summed E-state index contributed by atoms with van der Waals surface area (Å²) in [6.07, 6.45) is 0.796. The van der Waals surface area contributed by atoms with Crippen LogP contribution in [0.1, 0.15) is 13.3 Å². The predicted octanol–water partition coefficient (Wildman–Crippen LogP) is 2.76. The van der Waals surface area contributed by atoms with Gasteiger partial charge in [0.15, 0.2) is 0 Å². The van der Waals surface area contributed by atoms with Gasteiger partial charge in [-0.25, -0.2) is 0 Å². The number of nitriles is 1. The summed E-state index contributed by atoms with van der Waals surface area (Å²) in [6.45, 7) is 2.43. The summed E-state index contributed by atoms with van der Waals surface area (Å²) in [7, 11) is 0. The predicted molar refractivity (Wildman–Crippen MR) is 84.1 cm³/mol. The number of benzene rings is 1. The van der Waals surface area contributed by atoms with E-state index in [-0.39, 0.29) is 5.71 Å². The second kappa shape index (κ2) is 7.96. The summed E-state index contributed by atoms with van der Waals surface area (Å²) in [5.41, 5.74) is 3.10. The van der Waals surface area contributed by atoms with Crippen molar-refractivity contribution in [3.05, 3.63) is 26.8 Å². The van der Waals surface area contributed by atoms with Crippen LogP contribution in [-0.4, -0.2) is 18.2 Å². The monoisotopic (exact) mass is 390 g/mol. The molecule has 0 aliphatic rings. The van der Waals surface area contributed by atoms with Crippen LogP contribution in [0.3, 0.4) is 0 Å². The molecule has 1 amide bonds. The number of amides is 1. The standard InChI is InChI=1S/C12H12ClIN4O/c1-2-6-16-12(19)10(7-15)18-17-9-5-3-4-8(13)11(9)14/h3-5,17H,2,6H2,1H3,(H,16,19)/b18-10+. The molecular weight excluding hydrogens is 379 g/mol. The highest BCUT2D eigenvalue weighted by molar-refractivity contribution is 14.1. The van der Waals surface area contributed by atoms with E-state index in [1.165, 1.54) is 0 Å². The van der Waals surface area contributed by atoms with E-state index >= 15 is 0 Å². The smallest absolute Gasteiger partial charge is 0.282 e. The quantitative estimate of drug-likeness (QED) is 0.461. The lowest BCUT2D eigenvalue weighted by molar-refractivity contribution is -0.114. The minimum absolute atomic E-state index is 0.218. The first-order valence-electron chi connectivity index (χ1n) is 5.56. The molecule has 0 aromatic heterocycles. The summed E-state index contributed by atoms with van der Waals surface area (Å²) < 4.78 is 0.775. The molecule has 1 rings (SSSR count). The molecule has 0 atom stereocenters. The van der Waals surface area contributed by atoms with Gasteiger partial charge < -0.3 is 5.32 Å². The molecule has 2 N–H and O–H groups in total. The van der Waals surface area contributed by atoms with Gasteiger partial charge in [0, 0.05) is 6.54 Å². The van der Waals surface area contributed by atoms with Gasteiger partial charge in [-0.2, -0.15) is 10.4 Å². The van der Waals surface area contributed by atoms with Gasteiger partial charge >= 0.3 is 0 Å². The number of hydrazone groups is 1. The second-order valence-corrected chi connectivity index (χ2v) is 5.03. The average Bonchev–Trinajstić information content (AvgIpc) is 2.41. The molecule has 0 radical (unpaired) electrons. The highest BCUT2D eigenvalue weighted by atomic mass is 127. The molecular formula is C12H12ClIN4O. The summed E-state index contributed by atoms with van der Waals surface area (Å²) >= 11 is 8.01. The molecule has 5 nitrogen and oxygen atoms in total. The molecule has 0 spiro atoms. The molecule has 0 aliphatic heterocycles. The molecule has 19 heavy (non-hydrogen) atoms. The summed E-state index contributed by atoms with van der Waals surface area (Å²) in [5.74, 6) is -0.492. The zero-order valence-corrected chi connectivity index (χ0v) is 13.1. The number of hydrogen-bond donors (Lipinski definition) is 2. The molecule has 0 bridgehead atoms. The number of carbonyl (C=O) groups excluding carboxylic acids is 1. The largest absolute Gasteiger partial charge is 0.350 e. The first-order valence-corrected chi connectivity index (χ1v) is 7.01. The van der Waals surface area contributed by atoms with Gasteiger partial charge in [0.25, 0.3) is 5.91 Å². The van der Waals surface area contributed by atoms with Crippen molar-refractivity contribution in [1.29, 1.82) is 5.26 Å². The fraction of sp³-hybridized carbons (Fsp3) is 0.250. The van der Waals surface area contributed by atoms with Gasteiger partial charge in [-0.15, -0.1) is 0 Å². The van der Waals surface area contributed by atoms with Gasteiger partial charge in [-0.3, -0.25) is 10.2 Å². The Kier molecular flexibility index (Phi) is 6.59. The Morgan fingerprint density at radius 2 is 2.32 bits per heavy atom. The molecule has 0 saturated carbocycles. The van der Waals surface area contributed by atoms with Gasteiger partial charge in [-0.1, -0.05) is 24.6 Å². The maximum Gasteiger partial charge on any atom is 0.282 e. The van der Waals surface area contributed by atoms with Crippen LogP contribution >= 0.6 is 34.2 Å². The molecule has 100 valence electrons. The third-order valence-corrected chi connectivity index (χ3v) is 3.89. The van der Waals surface area contributed by atoms with Gasteiger partial charge in [0.1, 0.15) is 6.07 Å². The third-order valence-electron chi connectivity index (χ3n) is 2.10. The molecule has 0 aliphatic carbocycles. The van der Waals surface area contributed by atoms with Crippen molar-refractivity contribution in [2.24, 2.45) is 5.10 Å². The molecule has 1 aromatic carbocycles. The lowest BCUT2D eigenvalue weighted by Crippen LogP contribution is -2.31. The van der Waals surface area contributed by atoms with E-state index in [9.17, 15) is 4.79 Å². The first kappa shape index (κ1) is 15.7. The van der Waals surface area contributed by atoms with Crippen molar-refractivity contribution in [2.75, 3.05) is 12.0 Å². The molecule has 7 heteroatoms. The highest BCUT2D eigenvalue weighted by Crippen LogP contribution is 2.25. The number of hydrogen-bond acceptors (Lipinski definition) is 4. The van der Waals surface area contributed by atoms with Gasteiger partial charge in [-0.05, 0) is 41.1 Å². The van der Waals surface area contributed by atoms with Crippen LogP contribution in [0.5, 0.6) is 0 Å². The minimum Gasteiger partial charge on any atom is -0.350 e. The van der Waals surface area contributed by atoms with Gasteiger partial charge in [0.2, 0.25) is 5.71 Å². The van der Waals surface area contributed by atoms with Crippen molar-refractivity contribution >= 4 is 51.5 Å². The number of nitrogens with zero attached hydrogens (tertiary/aromatic N) is 2. The second-order valence-electron chi connectivity index (χ2n) is 3.54. The fourth-order valence-corrected chi connectivity index (χ4v) is 1.81. The Balaban J connectivity index is 2.81. The van der Waals surface area contributed by atoms with E-state index in [4.69, 9.17) is 16.9 Å². The van der Waals surface area contributed by atoms with E-state index in [1.54, 1.807) is 24.3 Å². The van der Waals surface area contributed by atoms with Crippen LogP contribution < -0.4 is 10.7 Å². The Labute approximate surface area is 130 Å². The lowest BCUT2D eigenvalue weighted by atomic mass is 10.3. The van der Waals surface area contributed by atoms with E-state index in [0.717, 1.165) is 9.99 Å². The lowest BCUT2D eigenvalue weighted by Gasteiger charge is -2.05. The van der Waals surface area contributed by atoms with Crippen molar-refractivity contribution < 1.29 is 4.79 Å². The zero-order chi connectivity index (χ0) is 14.3. The van der Waals surface area contributed by atoms with Crippen LogP contribution in [-0.2, 0) is 4.79 Å². The van der Waals surface area contributed by atoms with Crippen molar-refractivity contribution in [1.82, 2.24) is 5.32 Å². The topological polar surface area (TPSA) is 77.3 Å². The normalized spacial score (nSPS) is 10.7. The molecule has 0 saturated heterocycles. The Morgan fingerprint density at radius 1 is 1.58 bits per heavy atom. The minimum atomic E-state index is -0.492. The van der Waals surface area contributed by atoms with Crippen LogP contribution in [0.2, 0.25) is 5.02 Å². The van der Waals surface area contributed by atoms with Crippen LogP contribution in [0.25, 0.3) is 0 Å².